The Bertz CT molecular complexity index is 488. The molecule has 0 radical (unpaired) electrons. The zero-order chi connectivity index (χ0) is 14.7. The molecule has 110 valence electrons. The van der Waals surface area contributed by atoms with Crippen molar-refractivity contribution < 1.29 is 9.53 Å². The number of rotatable bonds is 5. The summed E-state index contributed by atoms with van der Waals surface area (Å²) in [4.78, 5) is 14.7. The highest BCUT2D eigenvalue weighted by atomic mass is 16.5. The lowest BCUT2D eigenvalue weighted by molar-refractivity contribution is 0.0944. The predicted molar refractivity (Wildman–Crippen MR) is 81.7 cm³/mol. The largest absolute Gasteiger partial charge is 0.491 e. The van der Waals surface area contributed by atoms with Gasteiger partial charge in [-0.3, -0.25) is 9.69 Å². The standard InChI is InChI=1S/C17H25NO2/c1-12(2)20-17-10-13(3)15(9-14(17)4)16(19)11-18-7-5-6-8-18/h9-10,12H,5-8,11H2,1-4H3. The normalized spacial score (nSPS) is 15.8. The first-order valence-electron chi connectivity index (χ1n) is 7.51. The molecule has 0 N–H and O–H groups in total. The average molecular weight is 275 g/mol. The maximum Gasteiger partial charge on any atom is 0.177 e. The lowest BCUT2D eigenvalue weighted by Gasteiger charge is -2.17. The number of hydrogen-bond acceptors (Lipinski definition) is 3. The van der Waals surface area contributed by atoms with Gasteiger partial charge >= 0.3 is 0 Å². The van der Waals surface area contributed by atoms with Gasteiger partial charge in [0.05, 0.1) is 12.6 Å². The molecule has 0 unspecified atom stereocenters. The Morgan fingerprint density at radius 3 is 2.45 bits per heavy atom. The summed E-state index contributed by atoms with van der Waals surface area (Å²) in [6.07, 6.45) is 2.58. The van der Waals surface area contributed by atoms with Crippen LogP contribution in [0.15, 0.2) is 12.1 Å². The molecule has 1 aliphatic heterocycles. The predicted octanol–water partition coefficient (Wildman–Crippen LogP) is 3.37. The van der Waals surface area contributed by atoms with E-state index in [1.807, 2.05) is 39.8 Å². The van der Waals surface area contributed by atoms with E-state index in [1.54, 1.807) is 0 Å². The van der Waals surface area contributed by atoms with Gasteiger partial charge in [-0.05, 0) is 76.9 Å². The number of aryl methyl sites for hydroxylation is 2. The molecule has 3 nitrogen and oxygen atoms in total. The van der Waals surface area contributed by atoms with E-state index < -0.39 is 0 Å². The van der Waals surface area contributed by atoms with Gasteiger partial charge in [0, 0.05) is 5.56 Å². The van der Waals surface area contributed by atoms with Crippen LogP contribution < -0.4 is 4.74 Å². The summed E-state index contributed by atoms with van der Waals surface area (Å²) in [7, 11) is 0. The molecule has 0 bridgehead atoms. The molecule has 1 heterocycles. The van der Waals surface area contributed by atoms with E-state index >= 15 is 0 Å². The minimum Gasteiger partial charge on any atom is -0.491 e. The molecule has 0 amide bonds. The molecule has 0 atom stereocenters. The number of Topliss-reactive ketones (excluding diaryl/α,β-unsaturated/α-hetero) is 1. The minimum atomic E-state index is 0.152. The van der Waals surface area contributed by atoms with Crippen molar-refractivity contribution in [2.45, 2.75) is 46.6 Å². The lowest BCUT2D eigenvalue weighted by atomic mass is 10.0. The Hall–Kier alpha value is -1.35. The molecule has 2 rings (SSSR count). The SMILES string of the molecule is Cc1cc(C(=O)CN2CCCC2)c(C)cc1OC(C)C. The smallest absolute Gasteiger partial charge is 0.177 e. The van der Waals surface area contributed by atoms with E-state index in [0.717, 1.165) is 35.5 Å². The summed E-state index contributed by atoms with van der Waals surface area (Å²) in [5, 5.41) is 0. The highest BCUT2D eigenvalue weighted by Gasteiger charge is 2.18. The highest BCUT2D eigenvalue weighted by Crippen LogP contribution is 2.24. The third-order valence-corrected chi connectivity index (χ3v) is 3.75. The first-order chi connectivity index (χ1) is 9.47. The van der Waals surface area contributed by atoms with Gasteiger partial charge < -0.3 is 4.74 Å². The molecule has 0 aromatic heterocycles. The van der Waals surface area contributed by atoms with E-state index in [9.17, 15) is 4.79 Å². The number of carbonyl (C=O) groups excluding carboxylic acids is 1. The minimum absolute atomic E-state index is 0.152. The Morgan fingerprint density at radius 2 is 1.85 bits per heavy atom. The van der Waals surface area contributed by atoms with E-state index in [-0.39, 0.29) is 11.9 Å². The molecule has 0 spiro atoms. The van der Waals surface area contributed by atoms with Crippen LogP contribution in [0.5, 0.6) is 5.75 Å². The second-order valence-corrected chi connectivity index (χ2v) is 6.01. The number of nitrogens with zero attached hydrogens (tertiary/aromatic N) is 1. The third-order valence-electron chi connectivity index (χ3n) is 3.75. The van der Waals surface area contributed by atoms with Crippen molar-refractivity contribution in [1.82, 2.24) is 4.90 Å². The third kappa shape index (κ3) is 3.60. The number of carbonyl (C=O) groups is 1. The average Bonchev–Trinajstić information content (AvgIpc) is 2.85. The topological polar surface area (TPSA) is 29.5 Å². The van der Waals surface area contributed by atoms with Crippen molar-refractivity contribution in [2.75, 3.05) is 19.6 Å². The quantitative estimate of drug-likeness (QED) is 0.772. The molecule has 0 saturated carbocycles. The van der Waals surface area contributed by atoms with Gasteiger partial charge in [0.1, 0.15) is 5.75 Å². The Labute approximate surface area is 121 Å². The highest BCUT2D eigenvalue weighted by molar-refractivity contribution is 5.99. The lowest BCUT2D eigenvalue weighted by Crippen LogP contribution is -2.27. The van der Waals surface area contributed by atoms with Crippen LogP contribution >= 0.6 is 0 Å². The summed E-state index contributed by atoms with van der Waals surface area (Å²) in [6, 6.07) is 3.97. The monoisotopic (exact) mass is 275 g/mol. The summed E-state index contributed by atoms with van der Waals surface area (Å²) >= 11 is 0. The summed E-state index contributed by atoms with van der Waals surface area (Å²) < 4.78 is 5.77. The second-order valence-electron chi connectivity index (χ2n) is 6.01. The molecule has 1 aromatic carbocycles. The molecule has 1 aliphatic rings. The van der Waals surface area contributed by atoms with Crippen molar-refractivity contribution in [3.63, 3.8) is 0 Å². The van der Waals surface area contributed by atoms with Gasteiger partial charge in [-0.1, -0.05) is 0 Å². The molecule has 1 aromatic rings. The van der Waals surface area contributed by atoms with Crippen molar-refractivity contribution in [1.29, 1.82) is 0 Å². The zero-order valence-corrected chi connectivity index (χ0v) is 13.0. The van der Waals surface area contributed by atoms with Crippen LogP contribution in [0.4, 0.5) is 0 Å². The van der Waals surface area contributed by atoms with Crippen LogP contribution in [0.3, 0.4) is 0 Å². The molecule has 1 saturated heterocycles. The first kappa shape index (κ1) is 15.0. The molecule has 1 fully saturated rings. The fourth-order valence-corrected chi connectivity index (χ4v) is 2.70. The molecular formula is C17H25NO2. The number of hydrogen-bond donors (Lipinski definition) is 0. The van der Waals surface area contributed by atoms with Gasteiger partial charge in [-0.25, -0.2) is 0 Å². The second kappa shape index (κ2) is 6.40. The van der Waals surface area contributed by atoms with Crippen molar-refractivity contribution in [3.05, 3.63) is 28.8 Å². The Kier molecular flexibility index (Phi) is 4.81. The molecule has 0 aliphatic carbocycles. The van der Waals surface area contributed by atoms with Gasteiger partial charge in [0.25, 0.3) is 0 Å². The van der Waals surface area contributed by atoms with E-state index in [2.05, 4.69) is 4.90 Å². The van der Waals surface area contributed by atoms with Crippen molar-refractivity contribution in [3.8, 4) is 5.75 Å². The maximum atomic E-state index is 12.4. The molecular weight excluding hydrogens is 250 g/mol. The van der Waals surface area contributed by atoms with E-state index in [0.29, 0.717) is 6.54 Å². The number of likely N-dealkylation sites (tertiary alicyclic amines) is 1. The van der Waals surface area contributed by atoms with Crippen LogP contribution in [0.25, 0.3) is 0 Å². The van der Waals surface area contributed by atoms with Crippen LogP contribution in [-0.2, 0) is 0 Å². The Balaban J connectivity index is 2.15. The Morgan fingerprint density at radius 1 is 1.20 bits per heavy atom. The van der Waals surface area contributed by atoms with Gasteiger partial charge in [0.2, 0.25) is 0 Å². The molecule has 20 heavy (non-hydrogen) atoms. The maximum absolute atomic E-state index is 12.4. The molecule has 3 heteroatoms. The summed E-state index contributed by atoms with van der Waals surface area (Å²) in [6.45, 7) is 10.7. The number of benzene rings is 1. The van der Waals surface area contributed by atoms with E-state index in [1.165, 1.54) is 12.8 Å². The summed E-state index contributed by atoms with van der Waals surface area (Å²) in [5.41, 5.74) is 2.88. The summed E-state index contributed by atoms with van der Waals surface area (Å²) in [5.74, 6) is 1.11. The van der Waals surface area contributed by atoms with Crippen LogP contribution in [0.1, 0.15) is 48.2 Å². The van der Waals surface area contributed by atoms with Gasteiger partial charge in [-0.2, -0.15) is 0 Å². The van der Waals surface area contributed by atoms with Crippen LogP contribution in [0.2, 0.25) is 0 Å². The fraction of sp³-hybridized carbons (Fsp3) is 0.588. The first-order valence-corrected chi connectivity index (χ1v) is 7.51. The fourth-order valence-electron chi connectivity index (χ4n) is 2.70. The van der Waals surface area contributed by atoms with E-state index in [4.69, 9.17) is 4.74 Å². The zero-order valence-electron chi connectivity index (χ0n) is 13.0. The number of ketones is 1. The van der Waals surface area contributed by atoms with Crippen molar-refractivity contribution in [2.24, 2.45) is 0 Å². The van der Waals surface area contributed by atoms with Crippen molar-refractivity contribution >= 4 is 5.78 Å². The number of ether oxygens (including phenoxy) is 1. The van der Waals surface area contributed by atoms with Gasteiger partial charge in [-0.15, -0.1) is 0 Å². The van der Waals surface area contributed by atoms with Gasteiger partial charge in [0.15, 0.2) is 5.78 Å². The van der Waals surface area contributed by atoms with Crippen LogP contribution in [0, 0.1) is 13.8 Å². The van der Waals surface area contributed by atoms with Crippen LogP contribution in [-0.4, -0.2) is 36.4 Å².